The van der Waals surface area contributed by atoms with Gasteiger partial charge in [0.2, 0.25) is 0 Å². The molecular weight excluding hydrogens is 254 g/mol. The van der Waals surface area contributed by atoms with E-state index in [0.717, 1.165) is 44.4 Å². The lowest BCUT2D eigenvalue weighted by atomic mass is 9.80. The zero-order chi connectivity index (χ0) is 14.1. The van der Waals surface area contributed by atoms with E-state index in [1.54, 1.807) is 12.3 Å². The number of nitrogens with zero attached hydrogens (tertiary/aromatic N) is 1. The van der Waals surface area contributed by atoms with Crippen LogP contribution in [0, 0.1) is 12.8 Å². The summed E-state index contributed by atoms with van der Waals surface area (Å²) in [6.45, 7) is 2.65. The van der Waals surface area contributed by atoms with Gasteiger partial charge in [0.25, 0.3) is 5.91 Å². The van der Waals surface area contributed by atoms with Gasteiger partial charge in [-0.1, -0.05) is 12.8 Å². The molecule has 3 rings (SSSR count). The van der Waals surface area contributed by atoms with Crippen LogP contribution >= 0.6 is 0 Å². The Balaban J connectivity index is 1.76. The Labute approximate surface area is 119 Å². The topological polar surface area (TPSA) is 53.7 Å². The number of carbonyl (C=O) groups excluding carboxylic acids is 1. The first kappa shape index (κ1) is 13.7. The molecule has 1 aliphatic carbocycles. The highest BCUT2D eigenvalue weighted by molar-refractivity contribution is 5.94. The molecule has 0 unspecified atom stereocenters. The van der Waals surface area contributed by atoms with E-state index in [2.05, 4.69) is 0 Å². The number of furan rings is 1. The highest BCUT2D eigenvalue weighted by Gasteiger charge is 2.39. The Kier molecular flexibility index (Phi) is 3.83. The summed E-state index contributed by atoms with van der Waals surface area (Å²) in [5.41, 5.74) is 0.639. The average molecular weight is 277 g/mol. The van der Waals surface area contributed by atoms with Crippen molar-refractivity contribution in [3.05, 3.63) is 23.7 Å². The van der Waals surface area contributed by atoms with Gasteiger partial charge < -0.3 is 14.4 Å². The monoisotopic (exact) mass is 277 g/mol. The number of rotatable bonds is 2. The number of aliphatic hydroxyl groups is 1. The van der Waals surface area contributed by atoms with E-state index in [0.29, 0.717) is 5.56 Å². The molecule has 0 spiro atoms. The van der Waals surface area contributed by atoms with Crippen LogP contribution in [-0.2, 0) is 0 Å². The van der Waals surface area contributed by atoms with Gasteiger partial charge in [0.05, 0.1) is 11.7 Å². The van der Waals surface area contributed by atoms with Gasteiger partial charge in [-0.05, 0) is 38.7 Å². The summed E-state index contributed by atoms with van der Waals surface area (Å²) in [5, 5.41) is 10.2. The first-order chi connectivity index (χ1) is 9.66. The van der Waals surface area contributed by atoms with Crippen LogP contribution < -0.4 is 0 Å². The van der Waals surface area contributed by atoms with E-state index < -0.39 is 0 Å². The number of aliphatic hydroxyl groups excluding tert-OH is 1. The van der Waals surface area contributed by atoms with E-state index in [9.17, 15) is 9.90 Å². The number of hydrogen-bond donors (Lipinski definition) is 1. The van der Waals surface area contributed by atoms with Crippen LogP contribution in [0.2, 0.25) is 0 Å². The smallest absolute Gasteiger partial charge is 0.257 e. The van der Waals surface area contributed by atoms with Gasteiger partial charge in [0.1, 0.15) is 12.0 Å². The first-order valence-electron chi connectivity index (χ1n) is 7.71. The molecule has 0 bridgehead atoms. The lowest BCUT2D eigenvalue weighted by molar-refractivity contribution is 0.0211. The molecule has 1 aromatic heterocycles. The van der Waals surface area contributed by atoms with Gasteiger partial charge in [-0.3, -0.25) is 4.79 Å². The molecule has 2 fully saturated rings. The summed E-state index contributed by atoms with van der Waals surface area (Å²) in [5.74, 6) is 1.08. The fourth-order valence-electron chi connectivity index (χ4n) is 3.80. The molecule has 3 atom stereocenters. The SMILES string of the molecule is Cc1cc(C(=O)N2CCC[C@@H]2[C@H]2CCCC[C@H]2O)co1. The predicted octanol–water partition coefficient (Wildman–Crippen LogP) is 2.74. The minimum absolute atomic E-state index is 0.0575. The van der Waals surface area contributed by atoms with Crippen molar-refractivity contribution in [2.75, 3.05) is 6.54 Å². The maximum Gasteiger partial charge on any atom is 0.257 e. The second-order valence-corrected chi connectivity index (χ2v) is 6.17. The fraction of sp³-hybridized carbons (Fsp3) is 0.688. The molecule has 20 heavy (non-hydrogen) atoms. The van der Waals surface area contributed by atoms with Gasteiger partial charge in [-0.2, -0.15) is 0 Å². The largest absolute Gasteiger partial charge is 0.469 e. The lowest BCUT2D eigenvalue weighted by Gasteiger charge is -2.37. The molecule has 1 saturated carbocycles. The molecule has 1 aromatic rings. The molecule has 2 heterocycles. The zero-order valence-electron chi connectivity index (χ0n) is 12.0. The molecule has 0 radical (unpaired) electrons. The van der Waals surface area contributed by atoms with Crippen LogP contribution in [0.1, 0.15) is 54.6 Å². The van der Waals surface area contributed by atoms with Crippen molar-refractivity contribution in [2.45, 2.75) is 57.6 Å². The van der Waals surface area contributed by atoms with Crippen LogP contribution in [0.4, 0.5) is 0 Å². The summed E-state index contributed by atoms with van der Waals surface area (Å²) in [7, 11) is 0. The van der Waals surface area contributed by atoms with Crippen LogP contribution in [0.3, 0.4) is 0 Å². The van der Waals surface area contributed by atoms with Crippen LogP contribution in [-0.4, -0.2) is 34.6 Å². The Morgan fingerprint density at radius 3 is 2.80 bits per heavy atom. The van der Waals surface area contributed by atoms with E-state index in [4.69, 9.17) is 4.42 Å². The molecule has 2 aliphatic rings. The highest BCUT2D eigenvalue weighted by Crippen LogP contribution is 2.35. The summed E-state index contributed by atoms with van der Waals surface area (Å²) in [6, 6.07) is 2.00. The average Bonchev–Trinajstić information content (AvgIpc) is 3.07. The minimum Gasteiger partial charge on any atom is -0.469 e. The van der Waals surface area contributed by atoms with E-state index in [1.165, 1.54) is 6.42 Å². The Hall–Kier alpha value is -1.29. The molecular formula is C16H23NO3. The third kappa shape index (κ3) is 2.49. The Bertz CT molecular complexity index is 482. The van der Waals surface area contributed by atoms with Crippen molar-refractivity contribution in [2.24, 2.45) is 5.92 Å². The van der Waals surface area contributed by atoms with Crippen molar-refractivity contribution in [1.82, 2.24) is 4.90 Å². The number of aryl methyl sites for hydroxylation is 1. The van der Waals surface area contributed by atoms with E-state index in [-0.39, 0.29) is 24.0 Å². The summed E-state index contributed by atoms with van der Waals surface area (Å²) >= 11 is 0. The maximum absolute atomic E-state index is 12.6. The standard InChI is InChI=1S/C16H23NO3/c1-11-9-12(10-20-11)16(19)17-8-4-6-14(17)13-5-2-3-7-15(13)18/h9-10,13-15,18H,2-8H2,1H3/t13-,14-,15-/m1/s1. The summed E-state index contributed by atoms with van der Waals surface area (Å²) < 4.78 is 5.25. The number of amides is 1. The predicted molar refractivity (Wildman–Crippen MR) is 75.5 cm³/mol. The second kappa shape index (κ2) is 5.60. The number of likely N-dealkylation sites (tertiary alicyclic amines) is 1. The normalized spacial score (nSPS) is 30.7. The molecule has 1 amide bonds. The molecule has 110 valence electrons. The molecule has 4 heteroatoms. The van der Waals surface area contributed by atoms with Gasteiger partial charge >= 0.3 is 0 Å². The lowest BCUT2D eigenvalue weighted by Crippen LogP contribution is -2.45. The van der Waals surface area contributed by atoms with E-state index in [1.807, 2.05) is 11.8 Å². The Morgan fingerprint density at radius 2 is 2.10 bits per heavy atom. The summed E-state index contributed by atoms with van der Waals surface area (Å²) in [4.78, 5) is 14.6. The van der Waals surface area contributed by atoms with Crippen molar-refractivity contribution in [3.63, 3.8) is 0 Å². The second-order valence-electron chi connectivity index (χ2n) is 6.17. The van der Waals surface area contributed by atoms with Crippen molar-refractivity contribution in [1.29, 1.82) is 0 Å². The van der Waals surface area contributed by atoms with Gasteiger partial charge in [-0.15, -0.1) is 0 Å². The molecule has 0 aromatic carbocycles. The van der Waals surface area contributed by atoms with Crippen LogP contribution in [0.15, 0.2) is 16.7 Å². The number of carbonyl (C=O) groups is 1. The molecule has 4 nitrogen and oxygen atoms in total. The van der Waals surface area contributed by atoms with Crippen molar-refractivity contribution >= 4 is 5.91 Å². The van der Waals surface area contributed by atoms with Gasteiger partial charge in [-0.25, -0.2) is 0 Å². The maximum atomic E-state index is 12.6. The summed E-state index contributed by atoms with van der Waals surface area (Å²) in [6.07, 6.45) is 7.57. The quantitative estimate of drug-likeness (QED) is 0.904. The van der Waals surface area contributed by atoms with E-state index >= 15 is 0 Å². The van der Waals surface area contributed by atoms with Gasteiger partial charge in [0, 0.05) is 18.5 Å². The van der Waals surface area contributed by atoms with Gasteiger partial charge in [0.15, 0.2) is 0 Å². The first-order valence-corrected chi connectivity index (χ1v) is 7.71. The third-order valence-corrected chi connectivity index (χ3v) is 4.81. The Morgan fingerprint density at radius 1 is 1.30 bits per heavy atom. The molecule has 1 saturated heterocycles. The van der Waals surface area contributed by atoms with Crippen molar-refractivity contribution in [3.8, 4) is 0 Å². The molecule has 1 aliphatic heterocycles. The van der Waals surface area contributed by atoms with Crippen molar-refractivity contribution < 1.29 is 14.3 Å². The van der Waals surface area contributed by atoms with Crippen LogP contribution in [0.5, 0.6) is 0 Å². The number of hydrogen-bond acceptors (Lipinski definition) is 3. The highest BCUT2D eigenvalue weighted by atomic mass is 16.3. The molecule has 1 N–H and O–H groups in total. The zero-order valence-corrected chi connectivity index (χ0v) is 12.0. The fourth-order valence-corrected chi connectivity index (χ4v) is 3.80. The third-order valence-electron chi connectivity index (χ3n) is 4.81. The minimum atomic E-state index is -0.242. The van der Waals surface area contributed by atoms with Crippen LogP contribution in [0.25, 0.3) is 0 Å².